The topological polar surface area (TPSA) is 158 Å². The van der Waals surface area contributed by atoms with Crippen molar-refractivity contribution in [1.82, 2.24) is 0 Å². The van der Waals surface area contributed by atoms with Crippen molar-refractivity contribution in [2.45, 2.75) is 94.0 Å². The molecule has 2 aliphatic rings. The van der Waals surface area contributed by atoms with Crippen molar-refractivity contribution in [1.29, 1.82) is 0 Å². The van der Waals surface area contributed by atoms with E-state index < -0.39 is 61.4 Å². The SMILES string of the molecule is C=C[C@@H](CCCCC)O[C@@H]1O[C@@H](CO[C@H]2OC[C@@H](O)[C@@H](O)[C@H]2O)[C@@H](O)[C@@H](O)[C@H]1O. The molecule has 10 nitrogen and oxygen atoms in total. The number of aliphatic hydroxyl groups excluding tert-OH is 6. The van der Waals surface area contributed by atoms with Gasteiger partial charge in [0.25, 0.3) is 0 Å². The molecule has 0 amide bonds. The fourth-order valence-electron chi connectivity index (χ4n) is 3.29. The first-order chi connectivity index (χ1) is 13.8. The van der Waals surface area contributed by atoms with Crippen LogP contribution < -0.4 is 0 Å². The summed E-state index contributed by atoms with van der Waals surface area (Å²) in [5.74, 6) is 0. The molecule has 0 saturated carbocycles. The first-order valence-electron chi connectivity index (χ1n) is 10.0. The molecule has 0 aliphatic carbocycles. The molecular weight excluding hydrogens is 388 g/mol. The van der Waals surface area contributed by atoms with Crippen LogP contribution in [0.15, 0.2) is 12.7 Å². The third-order valence-corrected chi connectivity index (χ3v) is 5.21. The second-order valence-electron chi connectivity index (χ2n) is 7.50. The minimum atomic E-state index is -1.53. The van der Waals surface area contributed by atoms with Crippen LogP contribution in [-0.2, 0) is 18.9 Å². The predicted molar refractivity (Wildman–Crippen MR) is 99.6 cm³/mol. The van der Waals surface area contributed by atoms with E-state index in [4.69, 9.17) is 18.9 Å². The van der Waals surface area contributed by atoms with E-state index >= 15 is 0 Å². The summed E-state index contributed by atoms with van der Waals surface area (Å²) in [7, 11) is 0. The molecule has 2 heterocycles. The number of hydrogen-bond acceptors (Lipinski definition) is 10. The second-order valence-corrected chi connectivity index (χ2v) is 7.50. The molecule has 2 rings (SSSR count). The van der Waals surface area contributed by atoms with Gasteiger partial charge in [-0.25, -0.2) is 0 Å². The monoisotopic (exact) mass is 422 g/mol. The molecular formula is C19H34O10. The van der Waals surface area contributed by atoms with E-state index in [0.29, 0.717) is 6.42 Å². The average Bonchev–Trinajstić information content (AvgIpc) is 2.71. The van der Waals surface area contributed by atoms with Gasteiger partial charge in [0.1, 0.15) is 42.7 Å². The summed E-state index contributed by atoms with van der Waals surface area (Å²) < 4.78 is 21.8. The van der Waals surface area contributed by atoms with Crippen molar-refractivity contribution in [3.05, 3.63) is 12.7 Å². The Balaban J connectivity index is 1.93. The number of ether oxygens (including phenoxy) is 4. The lowest BCUT2D eigenvalue weighted by Crippen LogP contribution is -2.60. The highest BCUT2D eigenvalue weighted by molar-refractivity contribution is 4.91. The quantitative estimate of drug-likeness (QED) is 0.179. The standard InChI is InChI=1S/C19H34O10/c1-3-5-6-7-10(4-2)28-19-17(25)15(23)14(22)12(29-19)9-27-18-16(24)13(21)11(20)8-26-18/h4,10-25H,2-3,5-9H2,1H3/t10-,11+,12-,13+,14+,15+,16+,17+,18+,19+/m0/s1. The molecule has 0 bridgehead atoms. The Kier molecular flexibility index (Phi) is 9.89. The van der Waals surface area contributed by atoms with Gasteiger partial charge in [-0.1, -0.05) is 32.3 Å². The van der Waals surface area contributed by atoms with Crippen LogP contribution in [0.4, 0.5) is 0 Å². The molecule has 0 unspecified atom stereocenters. The van der Waals surface area contributed by atoms with E-state index in [9.17, 15) is 30.6 Å². The molecule has 10 atom stereocenters. The summed E-state index contributed by atoms with van der Waals surface area (Å²) in [6.45, 7) is 5.24. The first-order valence-corrected chi connectivity index (χ1v) is 10.0. The zero-order valence-corrected chi connectivity index (χ0v) is 16.6. The van der Waals surface area contributed by atoms with E-state index in [1.165, 1.54) is 0 Å². The van der Waals surface area contributed by atoms with Crippen LogP contribution in [0.5, 0.6) is 0 Å². The van der Waals surface area contributed by atoms with Crippen LogP contribution in [0.1, 0.15) is 32.6 Å². The van der Waals surface area contributed by atoms with E-state index in [1.54, 1.807) is 6.08 Å². The molecule has 0 aromatic heterocycles. The van der Waals surface area contributed by atoms with Crippen molar-refractivity contribution in [3.8, 4) is 0 Å². The fourth-order valence-corrected chi connectivity index (χ4v) is 3.29. The van der Waals surface area contributed by atoms with Gasteiger partial charge in [0, 0.05) is 0 Å². The number of unbranched alkanes of at least 4 members (excludes halogenated alkanes) is 2. The Labute approximate surface area is 170 Å². The van der Waals surface area contributed by atoms with Crippen LogP contribution in [0.3, 0.4) is 0 Å². The summed E-state index contributed by atoms with van der Waals surface area (Å²) >= 11 is 0. The van der Waals surface area contributed by atoms with E-state index in [0.717, 1.165) is 19.3 Å². The van der Waals surface area contributed by atoms with E-state index in [2.05, 4.69) is 13.5 Å². The van der Waals surface area contributed by atoms with E-state index in [1.807, 2.05) is 0 Å². The lowest BCUT2D eigenvalue weighted by Gasteiger charge is -2.42. The molecule has 170 valence electrons. The maximum atomic E-state index is 10.2. The van der Waals surface area contributed by atoms with E-state index in [-0.39, 0.29) is 13.2 Å². The highest BCUT2D eigenvalue weighted by Gasteiger charge is 2.46. The van der Waals surface area contributed by atoms with Gasteiger partial charge in [-0.15, -0.1) is 6.58 Å². The minimum Gasteiger partial charge on any atom is -0.388 e. The van der Waals surface area contributed by atoms with Gasteiger partial charge in [0.2, 0.25) is 0 Å². The molecule has 0 aromatic carbocycles. The Morgan fingerprint density at radius 3 is 2.31 bits per heavy atom. The fraction of sp³-hybridized carbons (Fsp3) is 0.895. The third-order valence-electron chi connectivity index (χ3n) is 5.21. The maximum absolute atomic E-state index is 10.2. The van der Waals surface area contributed by atoms with Crippen molar-refractivity contribution in [2.24, 2.45) is 0 Å². The summed E-state index contributed by atoms with van der Waals surface area (Å²) in [4.78, 5) is 0. The Morgan fingerprint density at radius 2 is 1.66 bits per heavy atom. The summed E-state index contributed by atoms with van der Waals surface area (Å²) in [5, 5.41) is 59.6. The van der Waals surface area contributed by atoms with Crippen LogP contribution in [0.25, 0.3) is 0 Å². The Hall–Kier alpha value is -0.660. The summed E-state index contributed by atoms with van der Waals surface area (Å²) in [6, 6.07) is 0. The van der Waals surface area contributed by atoms with Crippen molar-refractivity contribution in [2.75, 3.05) is 13.2 Å². The number of aliphatic hydroxyl groups is 6. The maximum Gasteiger partial charge on any atom is 0.187 e. The van der Waals surface area contributed by atoms with Crippen LogP contribution >= 0.6 is 0 Å². The number of rotatable bonds is 10. The molecule has 0 radical (unpaired) electrons. The van der Waals surface area contributed by atoms with Crippen LogP contribution in [-0.4, -0.2) is 105 Å². The van der Waals surface area contributed by atoms with Crippen LogP contribution in [0.2, 0.25) is 0 Å². The molecule has 2 aliphatic heterocycles. The van der Waals surface area contributed by atoms with Gasteiger partial charge in [-0.2, -0.15) is 0 Å². The predicted octanol–water partition coefficient (Wildman–Crippen LogP) is -1.60. The highest BCUT2D eigenvalue weighted by atomic mass is 16.7. The molecule has 29 heavy (non-hydrogen) atoms. The van der Waals surface area contributed by atoms with Gasteiger partial charge in [0.15, 0.2) is 12.6 Å². The largest absolute Gasteiger partial charge is 0.388 e. The van der Waals surface area contributed by atoms with Crippen molar-refractivity contribution in [3.63, 3.8) is 0 Å². The van der Waals surface area contributed by atoms with Crippen LogP contribution in [0, 0.1) is 0 Å². The van der Waals surface area contributed by atoms with Crippen molar-refractivity contribution < 1.29 is 49.6 Å². The normalized spacial score (nSPS) is 41.8. The average molecular weight is 422 g/mol. The zero-order valence-electron chi connectivity index (χ0n) is 16.6. The van der Waals surface area contributed by atoms with Gasteiger partial charge < -0.3 is 49.6 Å². The third kappa shape index (κ3) is 6.41. The molecule has 6 N–H and O–H groups in total. The smallest absolute Gasteiger partial charge is 0.187 e. The van der Waals surface area contributed by atoms with Gasteiger partial charge in [-0.3, -0.25) is 0 Å². The first kappa shape index (κ1) is 24.6. The molecule has 0 spiro atoms. The van der Waals surface area contributed by atoms with Gasteiger partial charge in [-0.05, 0) is 6.42 Å². The summed E-state index contributed by atoms with van der Waals surface area (Å²) in [5.41, 5.74) is 0. The highest BCUT2D eigenvalue weighted by Crippen LogP contribution is 2.26. The molecule has 2 fully saturated rings. The lowest BCUT2D eigenvalue weighted by molar-refractivity contribution is -0.325. The Morgan fingerprint density at radius 1 is 0.966 bits per heavy atom. The minimum absolute atomic E-state index is 0.233. The lowest BCUT2D eigenvalue weighted by atomic mass is 9.99. The second kappa shape index (κ2) is 11.7. The molecule has 2 saturated heterocycles. The van der Waals surface area contributed by atoms with Gasteiger partial charge >= 0.3 is 0 Å². The Bertz CT molecular complexity index is 492. The molecule has 10 heteroatoms. The van der Waals surface area contributed by atoms with Crippen molar-refractivity contribution >= 4 is 0 Å². The van der Waals surface area contributed by atoms with Gasteiger partial charge in [0.05, 0.1) is 19.3 Å². The zero-order chi connectivity index (χ0) is 21.6. The molecule has 0 aromatic rings. The summed E-state index contributed by atoms with van der Waals surface area (Å²) in [6.07, 6.45) is -7.36. The number of hydrogen-bond donors (Lipinski definition) is 6.